The van der Waals surface area contributed by atoms with Crippen LogP contribution in [0, 0.1) is 23.7 Å². The Hall–Kier alpha value is -0.380. The third-order valence-corrected chi connectivity index (χ3v) is 5.78. The van der Waals surface area contributed by atoms with E-state index < -0.39 is 0 Å². The van der Waals surface area contributed by atoms with Crippen LogP contribution < -0.4 is 0 Å². The predicted octanol–water partition coefficient (Wildman–Crippen LogP) is 3.09. The van der Waals surface area contributed by atoms with Gasteiger partial charge in [-0.2, -0.15) is 0 Å². The topological polar surface area (TPSA) is 38.7 Å². The summed E-state index contributed by atoms with van der Waals surface area (Å²) < 4.78 is 0. The van der Waals surface area contributed by atoms with Gasteiger partial charge in [-0.3, -0.25) is 0 Å². The van der Waals surface area contributed by atoms with E-state index >= 15 is 0 Å². The molecular formula is C16H26O3. The second-order valence-electron chi connectivity index (χ2n) is 7.13. The molecule has 2 fully saturated rings. The molecule has 0 unspecified atom stereocenters. The van der Waals surface area contributed by atoms with Crippen LogP contribution in [0.5, 0.6) is 0 Å². The fourth-order valence-electron chi connectivity index (χ4n) is 4.42. The summed E-state index contributed by atoms with van der Waals surface area (Å²) in [5, 5.41) is 9.57. The Kier molecular flexibility index (Phi) is 3.27. The molecule has 108 valence electrons. The molecule has 3 nitrogen and oxygen atoms in total. The van der Waals surface area contributed by atoms with Crippen molar-refractivity contribution < 1.29 is 14.9 Å². The summed E-state index contributed by atoms with van der Waals surface area (Å²) in [5.41, 5.74) is -0.564. The number of fused-ring (bicyclic) bond motifs is 2. The van der Waals surface area contributed by atoms with Gasteiger partial charge >= 0.3 is 0 Å². The van der Waals surface area contributed by atoms with E-state index in [0.717, 1.165) is 19.3 Å². The molecule has 4 rings (SSSR count). The minimum absolute atomic E-state index is 0.224. The molecule has 1 spiro atoms. The highest BCUT2D eigenvalue weighted by atomic mass is 17.2. The number of hydrogen-bond acceptors (Lipinski definition) is 3. The van der Waals surface area contributed by atoms with Gasteiger partial charge in [0.05, 0.1) is 0 Å². The molecule has 0 radical (unpaired) electrons. The van der Waals surface area contributed by atoms with Gasteiger partial charge < -0.3 is 5.11 Å². The van der Waals surface area contributed by atoms with Crippen LogP contribution >= 0.6 is 0 Å². The predicted molar refractivity (Wildman–Crippen MR) is 73.3 cm³/mol. The molecule has 6 atom stereocenters. The summed E-state index contributed by atoms with van der Waals surface area (Å²) >= 11 is 0. The summed E-state index contributed by atoms with van der Waals surface area (Å²) in [4.78, 5) is 11.8. The van der Waals surface area contributed by atoms with Crippen LogP contribution in [0.4, 0.5) is 0 Å². The third kappa shape index (κ3) is 1.98. The Morgan fingerprint density at radius 3 is 2.68 bits per heavy atom. The fraction of sp³-hybridized carbons (Fsp3) is 0.875. The highest BCUT2D eigenvalue weighted by Crippen LogP contribution is 2.55. The molecule has 2 bridgehead atoms. The Morgan fingerprint density at radius 2 is 2.05 bits per heavy atom. The minimum atomic E-state index is -0.310. The molecule has 2 aliphatic carbocycles. The lowest BCUT2D eigenvalue weighted by Crippen LogP contribution is -2.54. The maximum Gasteiger partial charge on any atom is 0.128 e. The highest BCUT2D eigenvalue weighted by Gasteiger charge is 2.57. The van der Waals surface area contributed by atoms with E-state index in [0.29, 0.717) is 17.8 Å². The summed E-state index contributed by atoms with van der Waals surface area (Å²) in [6.07, 6.45) is 8.99. The first kappa shape index (κ1) is 13.6. The lowest BCUT2D eigenvalue weighted by atomic mass is 9.60. The summed E-state index contributed by atoms with van der Waals surface area (Å²) in [5.74, 6) is 1.79. The SMILES string of the molecule is C[C@@H]1CC[C@@H]([C@@H](C)CO)[C@@]23C=C[C@@](C)(CC[C@@H]12)OO3. The average Bonchev–Trinajstić information content (AvgIpc) is 2.65. The van der Waals surface area contributed by atoms with Crippen LogP contribution in [0.25, 0.3) is 0 Å². The van der Waals surface area contributed by atoms with Crippen molar-refractivity contribution in [3.63, 3.8) is 0 Å². The summed E-state index contributed by atoms with van der Waals surface area (Å²) in [6, 6.07) is 0. The van der Waals surface area contributed by atoms with Gasteiger partial charge in [0.25, 0.3) is 0 Å². The average molecular weight is 266 g/mol. The Labute approximate surface area is 115 Å². The highest BCUT2D eigenvalue weighted by molar-refractivity contribution is 5.20. The van der Waals surface area contributed by atoms with Gasteiger partial charge in [-0.1, -0.05) is 26.0 Å². The molecule has 4 aliphatic rings. The molecule has 0 aromatic rings. The molecule has 2 heterocycles. The Morgan fingerprint density at radius 1 is 1.26 bits per heavy atom. The van der Waals surface area contributed by atoms with Crippen molar-refractivity contribution in [1.82, 2.24) is 0 Å². The van der Waals surface area contributed by atoms with E-state index in [1.165, 1.54) is 6.42 Å². The Balaban J connectivity index is 2.01. The second-order valence-corrected chi connectivity index (χ2v) is 7.13. The van der Waals surface area contributed by atoms with Crippen LogP contribution in [0.3, 0.4) is 0 Å². The standard InChI is InChI=1S/C16H26O3/c1-11-4-5-13(12(2)10-17)16-9-8-15(3,18-19-16)7-6-14(11)16/h8-9,11-14,17H,4-7,10H2,1-3H3/t11-,12+,13+,14+,15-,16+/m1/s1. The molecule has 1 N–H and O–H groups in total. The normalized spacial score (nSPS) is 50.6. The van der Waals surface area contributed by atoms with E-state index in [-0.39, 0.29) is 23.7 Å². The van der Waals surface area contributed by atoms with Crippen LogP contribution in [0.1, 0.15) is 46.5 Å². The van der Waals surface area contributed by atoms with E-state index in [1.807, 2.05) is 0 Å². The molecule has 2 aliphatic heterocycles. The minimum Gasteiger partial charge on any atom is -0.396 e. The molecule has 19 heavy (non-hydrogen) atoms. The molecule has 0 amide bonds. The van der Waals surface area contributed by atoms with Gasteiger partial charge in [-0.15, -0.1) is 0 Å². The largest absolute Gasteiger partial charge is 0.396 e. The zero-order chi connectivity index (χ0) is 13.7. The number of rotatable bonds is 2. The lowest BCUT2D eigenvalue weighted by molar-refractivity contribution is -0.414. The lowest BCUT2D eigenvalue weighted by Gasteiger charge is -2.51. The van der Waals surface area contributed by atoms with Crippen molar-refractivity contribution in [3.8, 4) is 0 Å². The van der Waals surface area contributed by atoms with Crippen molar-refractivity contribution in [3.05, 3.63) is 12.2 Å². The first-order chi connectivity index (χ1) is 9.01. The van der Waals surface area contributed by atoms with E-state index in [4.69, 9.17) is 9.78 Å². The smallest absolute Gasteiger partial charge is 0.128 e. The Bertz CT molecular complexity index is 380. The molecular weight excluding hydrogens is 240 g/mol. The van der Waals surface area contributed by atoms with Crippen LogP contribution in [-0.2, 0) is 9.78 Å². The molecule has 3 heteroatoms. The monoisotopic (exact) mass is 266 g/mol. The van der Waals surface area contributed by atoms with Crippen LogP contribution in [0.15, 0.2) is 12.2 Å². The number of aliphatic hydroxyl groups is 1. The summed E-state index contributed by atoms with van der Waals surface area (Å²) in [6.45, 7) is 6.79. The molecule has 1 saturated carbocycles. The molecule has 0 aromatic heterocycles. The maximum atomic E-state index is 9.57. The van der Waals surface area contributed by atoms with E-state index in [2.05, 4.69) is 32.9 Å². The molecule has 0 aromatic carbocycles. The first-order valence-corrected chi connectivity index (χ1v) is 7.69. The third-order valence-electron chi connectivity index (χ3n) is 5.78. The maximum absolute atomic E-state index is 9.57. The van der Waals surface area contributed by atoms with Crippen molar-refractivity contribution in [1.29, 1.82) is 0 Å². The fourth-order valence-corrected chi connectivity index (χ4v) is 4.42. The zero-order valence-electron chi connectivity index (χ0n) is 12.3. The van der Waals surface area contributed by atoms with Crippen molar-refractivity contribution in [2.45, 2.75) is 57.7 Å². The number of aliphatic hydroxyl groups excluding tert-OH is 1. The van der Waals surface area contributed by atoms with E-state index in [9.17, 15) is 5.11 Å². The van der Waals surface area contributed by atoms with Crippen molar-refractivity contribution >= 4 is 0 Å². The van der Waals surface area contributed by atoms with Crippen molar-refractivity contribution in [2.24, 2.45) is 23.7 Å². The molecule has 1 saturated heterocycles. The zero-order valence-corrected chi connectivity index (χ0v) is 12.3. The van der Waals surface area contributed by atoms with Gasteiger partial charge in [0, 0.05) is 6.61 Å². The quantitative estimate of drug-likeness (QED) is 0.616. The van der Waals surface area contributed by atoms with Crippen LogP contribution in [-0.4, -0.2) is 22.9 Å². The van der Waals surface area contributed by atoms with Gasteiger partial charge in [0.1, 0.15) is 11.2 Å². The first-order valence-electron chi connectivity index (χ1n) is 7.69. The van der Waals surface area contributed by atoms with Gasteiger partial charge in [-0.25, -0.2) is 9.78 Å². The van der Waals surface area contributed by atoms with Crippen LogP contribution in [0.2, 0.25) is 0 Å². The summed E-state index contributed by atoms with van der Waals surface area (Å²) in [7, 11) is 0. The van der Waals surface area contributed by atoms with Gasteiger partial charge in [0.2, 0.25) is 0 Å². The van der Waals surface area contributed by atoms with Gasteiger partial charge in [0.15, 0.2) is 0 Å². The van der Waals surface area contributed by atoms with Crippen molar-refractivity contribution in [2.75, 3.05) is 6.61 Å². The second kappa shape index (κ2) is 4.57. The number of hydrogen-bond donors (Lipinski definition) is 1. The van der Waals surface area contributed by atoms with Gasteiger partial charge in [-0.05, 0) is 56.3 Å². The van der Waals surface area contributed by atoms with E-state index in [1.54, 1.807) is 0 Å².